The van der Waals surface area contributed by atoms with Crippen molar-refractivity contribution in [1.29, 1.82) is 5.26 Å². The molecule has 2 aromatic heterocycles. The number of aromatic nitrogens is 3. The Kier molecular flexibility index (Phi) is 2.80. The van der Waals surface area contributed by atoms with Crippen molar-refractivity contribution in [3.8, 4) is 6.07 Å². The van der Waals surface area contributed by atoms with Gasteiger partial charge in [0.2, 0.25) is 0 Å². The highest BCUT2D eigenvalue weighted by atomic mass is 16.3. The second kappa shape index (κ2) is 4.63. The van der Waals surface area contributed by atoms with Crippen LogP contribution in [0.2, 0.25) is 0 Å². The van der Waals surface area contributed by atoms with Gasteiger partial charge in [0.15, 0.2) is 11.5 Å². The van der Waals surface area contributed by atoms with E-state index in [-0.39, 0.29) is 0 Å². The summed E-state index contributed by atoms with van der Waals surface area (Å²) < 4.78 is 5.48. The summed E-state index contributed by atoms with van der Waals surface area (Å²) in [6.45, 7) is 3.55. The Hall–Kier alpha value is -2.94. The summed E-state index contributed by atoms with van der Waals surface area (Å²) in [4.78, 5) is 12.5. The minimum atomic E-state index is 0.330. The molecule has 0 fully saturated rings. The third-order valence-corrected chi connectivity index (χ3v) is 2.72. The van der Waals surface area contributed by atoms with Crippen molar-refractivity contribution in [3.63, 3.8) is 0 Å². The van der Waals surface area contributed by atoms with E-state index in [1.54, 1.807) is 19.9 Å². The van der Waals surface area contributed by atoms with Crippen LogP contribution in [0.5, 0.6) is 0 Å². The van der Waals surface area contributed by atoms with Crippen LogP contribution in [-0.4, -0.2) is 15.0 Å². The van der Waals surface area contributed by atoms with Crippen LogP contribution in [0, 0.1) is 25.2 Å². The van der Waals surface area contributed by atoms with Crippen molar-refractivity contribution >= 4 is 22.6 Å². The molecule has 0 spiro atoms. The molecule has 0 saturated heterocycles. The van der Waals surface area contributed by atoms with Gasteiger partial charge < -0.3 is 9.73 Å². The number of anilines is 2. The second-order valence-electron chi connectivity index (χ2n) is 4.34. The third kappa shape index (κ3) is 2.29. The van der Waals surface area contributed by atoms with E-state index in [1.165, 1.54) is 0 Å². The van der Waals surface area contributed by atoms with E-state index in [9.17, 15) is 0 Å². The third-order valence-electron chi connectivity index (χ3n) is 2.72. The molecule has 0 aliphatic heterocycles. The van der Waals surface area contributed by atoms with Gasteiger partial charge in [0.05, 0.1) is 0 Å². The Morgan fingerprint density at radius 2 is 2.00 bits per heavy atom. The van der Waals surface area contributed by atoms with E-state index in [1.807, 2.05) is 24.3 Å². The minimum Gasteiger partial charge on any atom is -0.441 e. The lowest BCUT2D eigenvalue weighted by atomic mass is 10.3. The van der Waals surface area contributed by atoms with Crippen molar-refractivity contribution in [3.05, 3.63) is 41.7 Å². The predicted molar refractivity (Wildman–Crippen MR) is 73.5 cm³/mol. The van der Waals surface area contributed by atoms with Crippen LogP contribution in [0.15, 0.2) is 28.7 Å². The Bertz CT molecular complexity index is 831. The maximum atomic E-state index is 8.91. The highest BCUT2D eigenvalue weighted by Crippen LogP contribution is 2.22. The quantitative estimate of drug-likeness (QED) is 0.766. The van der Waals surface area contributed by atoms with Crippen LogP contribution < -0.4 is 5.32 Å². The maximum absolute atomic E-state index is 8.91. The molecule has 0 saturated carbocycles. The second-order valence-corrected chi connectivity index (χ2v) is 4.34. The van der Waals surface area contributed by atoms with Gasteiger partial charge >= 0.3 is 0 Å². The molecule has 0 atom stereocenters. The Labute approximate surface area is 115 Å². The highest BCUT2D eigenvalue weighted by Gasteiger charge is 2.05. The number of hydrogen-bond acceptors (Lipinski definition) is 6. The summed E-state index contributed by atoms with van der Waals surface area (Å²) >= 11 is 0. The van der Waals surface area contributed by atoms with Gasteiger partial charge in [-0.25, -0.2) is 15.0 Å². The summed E-state index contributed by atoms with van der Waals surface area (Å²) in [5, 5.41) is 12.0. The smallest absolute Gasteiger partial charge is 0.192 e. The van der Waals surface area contributed by atoms with E-state index < -0.39 is 0 Å². The fourth-order valence-corrected chi connectivity index (χ4v) is 1.95. The first-order valence-corrected chi connectivity index (χ1v) is 6.04. The molecule has 0 aliphatic rings. The van der Waals surface area contributed by atoms with Gasteiger partial charge in [0, 0.05) is 24.7 Å². The minimum absolute atomic E-state index is 0.330. The maximum Gasteiger partial charge on any atom is 0.192 e. The van der Waals surface area contributed by atoms with Crippen molar-refractivity contribution in [2.45, 2.75) is 13.8 Å². The number of benzene rings is 1. The molecule has 0 amide bonds. The first-order valence-electron chi connectivity index (χ1n) is 6.04. The topological polar surface area (TPSA) is 87.6 Å². The molecule has 2 heterocycles. The molecule has 3 aromatic rings. The van der Waals surface area contributed by atoms with Crippen molar-refractivity contribution < 1.29 is 4.42 Å². The van der Waals surface area contributed by atoms with Crippen LogP contribution in [0.3, 0.4) is 0 Å². The normalized spacial score (nSPS) is 10.4. The van der Waals surface area contributed by atoms with Gasteiger partial charge in [-0.1, -0.05) is 0 Å². The van der Waals surface area contributed by atoms with Crippen molar-refractivity contribution in [2.24, 2.45) is 0 Å². The summed E-state index contributed by atoms with van der Waals surface area (Å²) in [6.07, 6.45) is 0. The number of aryl methyl sites for hydroxylation is 2. The van der Waals surface area contributed by atoms with Crippen LogP contribution in [0.1, 0.15) is 17.4 Å². The zero-order chi connectivity index (χ0) is 14.1. The molecule has 6 nitrogen and oxygen atoms in total. The molecule has 0 bridgehead atoms. The SMILES string of the molecule is Cc1nc(C#N)cc(Nc2ccc3nc(C)oc3c2)n1. The molecule has 98 valence electrons. The Morgan fingerprint density at radius 3 is 2.80 bits per heavy atom. The number of oxazole rings is 1. The molecule has 1 aromatic carbocycles. The van der Waals surface area contributed by atoms with Gasteiger partial charge in [-0.15, -0.1) is 0 Å². The number of nitriles is 1. The molecule has 3 rings (SSSR count). The van der Waals surface area contributed by atoms with Crippen molar-refractivity contribution in [2.75, 3.05) is 5.32 Å². The summed E-state index contributed by atoms with van der Waals surface area (Å²) in [6, 6.07) is 9.20. The average Bonchev–Trinajstić information content (AvgIpc) is 2.77. The number of hydrogen-bond donors (Lipinski definition) is 1. The van der Waals surface area contributed by atoms with E-state index in [4.69, 9.17) is 9.68 Å². The lowest BCUT2D eigenvalue weighted by Crippen LogP contribution is -1.98. The van der Waals surface area contributed by atoms with E-state index in [2.05, 4.69) is 20.3 Å². The number of nitrogens with one attached hydrogen (secondary N) is 1. The van der Waals surface area contributed by atoms with Crippen molar-refractivity contribution in [1.82, 2.24) is 15.0 Å². The summed E-state index contributed by atoms with van der Waals surface area (Å²) in [5.41, 5.74) is 2.66. The first kappa shape index (κ1) is 12.1. The predicted octanol–water partition coefficient (Wildman–Crippen LogP) is 2.85. The lowest BCUT2D eigenvalue weighted by molar-refractivity contribution is 0.561. The molecular formula is C14H11N5O. The zero-order valence-corrected chi connectivity index (χ0v) is 11.0. The van der Waals surface area contributed by atoms with Gasteiger partial charge in [-0.2, -0.15) is 5.26 Å². The van der Waals surface area contributed by atoms with E-state index >= 15 is 0 Å². The van der Waals surface area contributed by atoms with Crippen LogP contribution in [0.4, 0.5) is 11.5 Å². The average molecular weight is 265 g/mol. The van der Waals surface area contributed by atoms with Crippen LogP contribution in [0.25, 0.3) is 11.1 Å². The van der Waals surface area contributed by atoms with E-state index in [0.717, 1.165) is 11.2 Å². The molecule has 0 aliphatic carbocycles. The standard InChI is InChI=1S/C14H11N5O/c1-8-16-11(7-15)6-14(17-8)19-10-3-4-12-13(5-10)20-9(2)18-12/h3-6H,1-2H3,(H,16,17,19). The first-order chi connectivity index (χ1) is 9.64. The number of nitrogens with zero attached hydrogens (tertiary/aromatic N) is 4. The number of rotatable bonds is 2. The molecular weight excluding hydrogens is 254 g/mol. The molecule has 0 radical (unpaired) electrons. The summed E-state index contributed by atoms with van der Waals surface area (Å²) in [5.74, 6) is 1.74. The highest BCUT2D eigenvalue weighted by molar-refractivity contribution is 5.78. The zero-order valence-electron chi connectivity index (χ0n) is 11.0. The molecule has 0 unspecified atom stereocenters. The Balaban J connectivity index is 1.96. The van der Waals surface area contributed by atoms with Gasteiger partial charge in [-0.3, -0.25) is 0 Å². The lowest BCUT2D eigenvalue weighted by Gasteiger charge is -2.06. The molecule has 20 heavy (non-hydrogen) atoms. The Morgan fingerprint density at radius 1 is 1.15 bits per heavy atom. The molecule has 1 N–H and O–H groups in total. The van der Waals surface area contributed by atoms with Crippen LogP contribution in [-0.2, 0) is 0 Å². The van der Waals surface area contributed by atoms with E-state index in [0.29, 0.717) is 28.8 Å². The molecule has 6 heteroatoms. The monoisotopic (exact) mass is 265 g/mol. The fourth-order valence-electron chi connectivity index (χ4n) is 1.95. The van der Waals surface area contributed by atoms with Gasteiger partial charge in [0.25, 0.3) is 0 Å². The van der Waals surface area contributed by atoms with Gasteiger partial charge in [-0.05, 0) is 19.1 Å². The summed E-state index contributed by atoms with van der Waals surface area (Å²) in [7, 11) is 0. The largest absolute Gasteiger partial charge is 0.441 e. The number of fused-ring (bicyclic) bond motifs is 1. The van der Waals surface area contributed by atoms with Crippen LogP contribution >= 0.6 is 0 Å². The fraction of sp³-hybridized carbons (Fsp3) is 0.143. The van der Waals surface area contributed by atoms with Gasteiger partial charge in [0.1, 0.15) is 28.9 Å².